The first-order chi connectivity index (χ1) is 9.63. The van der Waals surface area contributed by atoms with Crippen molar-refractivity contribution in [2.75, 3.05) is 26.8 Å². The van der Waals surface area contributed by atoms with Crippen LogP contribution in [-0.2, 0) is 4.74 Å². The third-order valence-electron chi connectivity index (χ3n) is 3.89. The van der Waals surface area contributed by atoms with Crippen molar-refractivity contribution in [3.8, 4) is 0 Å². The average Bonchev–Trinajstić information content (AvgIpc) is 2.45. The van der Waals surface area contributed by atoms with E-state index in [0.717, 1.165) is 31.5 Å². The number of benzene rings is 1. The molecule has 0 radical (unpaired) electrons. The van der Waals surface area contributed by atoms with Crippen LogP contribution in [0.25, 0.3) is 0 Å². The molecule has 1 saturated heterocycles. The van der Waals surface area contributed by atoms with Crippen LogP contribution in [0.3, 0.4) is 0 Å². The molecule has 1 fully saturated rings. The lowest BCUT2D eigenvalue weighted by molar-refractivity contribution is 0.0847. The van der Waals surface area contributed by atoms with Crippen LogP contribution in [0.5, 0.6) is 0 Å². The van der Waals surface area contributed by atoms with Crippen molar-refractivity contribution in [3.63, 3.8) is 0 Å². The summed E-state index contributed by atoms with van der Waals surface area (Å²) < 4.78 is 30.4. The predicted octanol–water partition coefficient (Wildman–Crippen LogP) is 2.73. The van der Waals surface area contributed by atoms with Gasteiger partial charge in [-0.05, 0) is 24.9 Å². The van der Waals surface area contributed by atoms with Gasteiger partial charge < -0.3 is 10.5 Å². The Morgan fingerprint density at radius 1 is 1.35 bits per heavy atom. The van der Waals surface area contributed by atoms with Gasteiger partial charge >= 0.3 is 0 Å². The number of hydrogen-bond acceptors (Lipinski definition) is 3. The molecular formula is C15H22F2N2O. The van der Waals surface area contributed by atoms with E-state index >= 15 is 0 Å². The summed E-state index contributed by atoms with van der Waals surface area (Å²) in [6.45, 7) is 2.43. The van der Waals surface area contributed by atoms with E-state index in [4.69, 9.17) is 10.5 Å². The Morgan fingerprint density at radius 3 is 2.65 bits per heavy atom. The van der Waals surface area contributed by atoms with Crippen LogP contribution in [0.15, 0.2) is 24.3 Å². The van der Waals surface area contributed by atoms with Crippen LogP contribution in [0, 0.1) is 0 Å². The van der Waals surface area contributed by atoms with Crippen molar-refractivity contribution in [2.24, 2.45) is 5.73 Å². The van der Waals surface area contributed by atoms with Gasteiger partial charge in [-0.1, -0.05) is 24.3 Å². The van der Waals surface area contributed by atoms with Crippen LogP contribution in [0.4, 0.5) is 8.78 Å². The number of alkyl halides is 2. The number of halogens is 2. The van der Waals surface area contributed by atoms with Crippen molar-refractivity contribution in [1.29, 1.82) is 0 Å². The smallest absolute Gasteiger partial charge is 0.263 e. The van der Waals surface area contributed by atoms with Crippen molar-refractivity contribution >= 4 is 0 Å². The number of rotatable bonds is 5. The summed E-state index contributed by atoms with van der Waals surface area (Å²) in [6, 6.07) is 6.67. The topological polar surface area (TPSA) is 38.5 Å². The van der Waals surface area contributed by atoms with Crippen molar-refractivity contribution < 1.29 is 13.5 Å². The van der Waals surface area contributed by atoms with Gasteiger partial charge in [0.1, 0.15) is 0 Å². The summed E-state index contributed by atoms with van der Waals surface area (Å²) in [4.78, 5) is 2.29. The Kier molecular flexibility index (Phi) is 5.46. The Morgan fingerprint density at radius 2 is 2.05 bits per heavy atom. The number of nitrogens with two attached hydrogens (primary N) is 1. The Labute approximate surface area is 118 Å². The van der Waals surface area contributed by atoms with Gasteiger partial charge in [0.05, 0.1) is 6.61 Å². The van der Waals surface area contributed by atoms with E-state index in [-0.39, 0.29) is 17.6 Å². The first-order valence-electron chi connectivity index (χ1n) is 7.00. The molecule has 0 saturated carbocycles. The lowest BCUT2D eigenvalue weighted by Gasteiger charge is -2.40. The van der Waals surface area contributed by atoms with Crippen molar-refractivity contribution in [3.05, 3.63) is 35.4 Å². The van der Waals surface area contributed by atoms with Crippen molar-refractivity contribution in [1.82, 2.24) is 4.90 Å². The van der Waals surface area contributed by atoms with Gasteiger partial charge in [0, 0.05) is 31.3 Å². The lowest BCUT2D eigenvalue weighted by Crippen LogP contribution is -2.46. The van der Waals surface area contributed by atoms with Gasteiger partial charge in [0.25, 0.3) is 6.43 Å². The van der Waals surface area contributed by atoms with E-state index in [9.17, 15) is 8.78 Å². The first-order valence-corrected chi connectivity index (χ1v) is 7.00. The maximum atomic E-state index is 12.6. The molecule has 20 heavy (non-hydrogen) atoms. The molecule has 0 bridgehead atoms. The minimum Gasteiger partial charge on any atom is -0.383 e. The molecular weight excluding hydrogens is 262 g/mol. The molecule has 3 nitrogen and oxygen atoms in total. The molecule has 112 valence electrons. The van der Waals surface area contributed by atoms with Gasteiger partial charge in [-0.25, -0.2) is 8.78 Å². The highest BCUT2D eigenvalue weighted by Crippen LogP contribution is 2.31. The van der Waals surface area contributed by atoms with E-state index in [1.807, 2.05) is 0 Å². The Hall–Kier alpha value is -1.04. The quantitative estimate of drug-likeness (QED) is 0.903. The minimum absolute atomic E-state index is 0.0398. The van der Waals surface area contributed by atoms with Crippen LogP contribution in [0.2, 0.25) is 0 Å². The molecule has 2 atom stereocenters. The second-order valence-corrected chi connectivity index (χ2v) is 5.25. The van der Waals surface area contributed by atoms with E-state index in [1.165, 1.54) is 12.1 Å². The summed E-state index contributed by atoms with van der Waals surface area (Å²) in [5.41, 5.74) is 7.31. The zero-order valence-electron chi connectivity index (χ0n) is 11.8. The maximum absolute atomic E-state index is 12.6. The third kappa shape index (κ3) is 3.53. The number of hydrogen-bond donors (Lipinski definition) is 1. The fraction of sp³-hybridized carbons (Fsp3) is 0.600. The van der Waals surface area contributed by atoms with Crippen molar-refractivity contribution in [2.45, 2.75) is 31.4 Å². The number of methoxy groups -OCH3 is 1. The highest BCUT2D eigenvalue weighted by molar-refractivity contribution is 5.27. The molecule has 1 aliphatic heterocycles. The summed E-state index contributed by atoms with van der Waals surface area (Å²) >= 11 is 0. The molecule has 1 aromatic carbocycles. The normalized spacial score (nSPS) is 24.2. The molecule has 1 aromatic rings. The number of piperidine rings is 1. The lowest BCUT2D eigenvalue weighted by atomic mass is 9.90. The minimum atomic E-state index is -2.42. The van der Waals surface area contributed by atoms with Gasteiger partial charge in [-0.15, -0.1) is 0 Å². The van der Waals surface area contributed by atoms with Gasteiger partial charge in [-0.3, -0.25) is 4.90 Å². The molecule has 0 aliphatic carbocycles. The summed E-state index contributed by atoms with van der Waals surface area (Å²) in [6.07, 6.45) is -0.394. The van der Waals surface area contributed by atoms with Crippen LogP contribution in [-0.4, -0.2) is 37.7 Å². The second kappa shape index (κ2) is 7.11. The second-order valence-electron chi connectivity index (χ2n) is 5.25. The van der Waals surface area contributed by atoms with E-state index in [1.54, 1.807) is 19.2 Å². The molecule has 1 heterocycles. The summed E-state index contributed by atoms with van der Waals surface area (Å²) in [7, 11) is 1.68. The van der Waals surface area contributed by atoms with E-state index in [2.05, 4.69) is 4.90 Å². The van der Waals surface area contributed by atoms with Crippen LogP contribution in [0.1, 0.15) is 36.4 Å². The van der Waals surface area contributed by atoms with Crippen LogP contribution >= 0.6 is 0 Å². The zero-order chi connectivity index (χ0) is 14.5. The molecule has 0 aromatic heterocycles. The van der Waals surface area contributed by atoms with Crippen LogP contribution < -0.4 is 5.73 Å². The van der Waals surface area contributed by atoms with Gasteiger partial charge in [0.15, 0.2) is 0 Å². The Bertz CT molecular complexity index is 411. The maximum Gasteiger partial charge on any atom is 0.263 e. The fourth-order valence-electron chi connectivity index (χ4n) is 2.85. The van der Waals surface area contributed by atoms with Gasteiger partial charge in [-0.2, -0.15) is 0 Å². The largest absolute Gasteiger partial charge is 0.383 e. The van der Waals surface area contributed by atoms with Gasteiger partial charge in [0.2, 0.25) is 0 Å². The molecule has 2 N–H and O–H groups in total. The number of likely N-dealkylation sites (tertiary alicyclic amines) is 1. The molecule has 2 rings (SSSR count). The molecule has 0 spiro atoms. The molecule has 2 unspecified atom stereocenters. The Balaban J connectivity index is 2.16. The zero-order valence-corrected chi connectivity index (χ0v) is 11.8. The molecule has 0 amide bonds. The highest BCUT2D eigenvalue weighted by Gasteiger charge is 2.30. The summed E-state index contributed by atoms with van der Waals surface area (Å²) in [5.74, 6) is 0. The average molecular weight is 284 g/mol. The monoisotopic (exact) mass is 284 g/mol. The molecule has 5 heteroatoms. The summed E-state index contributed by atoms with van der Waals surface area (Å²) in [5, 5.41) is 0. The SMILES string of the molecule is COCCN1CCCC(N)C1c1ccc(C(F)F)cc1. The third-order valence-corrected chi connectivity index (χ3v) is 3.89. The van der Waals surface area contributed by atoms with E-state index < -0.39 is 6.43 Å². The standard InChI is InChI=1S/C15H22F2N2O/c1-20-10-9-19-8-2-3-13(18)14(19)11-4-6-12(7-5-11)15(16)17/h4-7,13-15H,2-3,8-10,18H2,1H3. The fourth-order valence-corrected chi connectivity index (χ4v) is 2.85. The first kappa shape index (κ1) is 15.4. The van der Waals surface area contributed by atoms with E-state index in [0.29, 0.717) is 6.61 Å². The number of ether oxygens (including phenoxy) is 1. The number of nitrogens with zero attached hydrogens (tertiary/aromatic N) is 1. The highest BCUT2D eigenvalue weighted by atomic mass is 19.3. The predicted molar refractivity (Wildman–Crippen MR) is 74.8 cm³/mol. The molecule has 1 aliphatic rings.